The maximum atomic E-state index is 11.4. The minimum absolute atomic E-state index is 0.0844. The highest BCUT2D eigenvalue weighted by molar-refractivity contribution is 6.30. The van der Waals surface area contributed by atoms with E-state index >= 15 is 0 Å². The van der Waals surface area contributed by atoms with Gasteiger partial charge in [-0.15, -0.1) is 0 Å². The maximum absolute atomic E-state index is 11.4. The Bertz CT molecular complexity index is 495. The molecule has 2 bridgehead atoms. The summed E-state index contributed by atoms with van der Waals surface area (Å²) < 4.78 is 0. The van der Waals surface area contributed by atoms with Gasteiger partial charge in [-0.1, -0.05) is 35.9 Å². The largest absolute Gasteiger partial charge is 0.481 e. The molecule has 0 amide bonds. The molecule has 0 unspecified atom stereocenters. The average Bonchev–Trinajstić information content (AvgIpc) is 2.88. The average molecular weight is 249 g/mol. The van der Waals surface area contributed by atoms with Crippen LogP contribution in [0, 0.1) is 17.8 Å². The predicted octanol–water partition coefficient (Wildman–Crippen LogP) is 3.33. The molecule has 1 saturated carbocycles. The Balaban J connectivity index is 2.02. The van der Waals surface area contributed by atoms with Gasteiger partial charge in [0.15, 0.2) is 0 Å². The minimum Gasteiger partial charge on any atom is -0.481 e. The molecule has 17 heavy (non-hydrogen) atoms. The van der Waals surface area contributed by atoms with Crippen molar-refractivity contribution in [3.8, 4) is 0 Å². The Kier molecular flexibility index (Phi) is 2.48. The summed E-state index contributed by atoms with van der Waals surface area (Å²) in [5.41, 5.74) is 1.06. The Morgan fingerprint density at radius 2 is 2.06 bits per heavy atom. The van der Waals surface area contributed by atoms with Gasteiger partial charge in [-0.05, 0) is 36.0 Å². The molecule has 0 aromatic heterocycles. The standard InChI is InChI=1S/C14H13ClO2/c15-11-3-1-2-8(7-11)12-9-4-5-10(6-9)13(12)14(16)17/h1-5,7,9-10,12-13H,6H2,(H,16,17)/t9-,10+,12+,13+/m0/s1. The van der Waals surface area contributed by atoms with Crippen LogP contribution in [0.1, 0.15) is 17.9 Å². The van der Waals surface area contributed by atoms with Gasteiger partial charge in [0.1, 0.15) is 0 Å². The summed E-state index contributed by atoms with van der Waals surface area (Å²) in [6, 6.07) is 7.61. The Labute approximate surface area is 105 Å². The van der Waals surface area contributed by atoms with E-state index in [2.05, 4.69) is 12.2 Å². The van der Waals surface area contributed by atoms with E-state index in [1.54, 1.807) is 0 Å². The highest BCUT2D eigenvalue weighted by Crippen LogP contribution is 2.53. The zero-order valence-corrected chi connectivity index (χ0v) is 9.97. The van der Waals surface area contributed by atoms with Gasteiger partial charge in [-0.2, -0.15) is 0 Å². The van der Waals surface area contributed by atoms with Crippen LogP contribution in [0.3, 0.4) is 0 Å². The molecule has 1 aromatic carbocycles. The number of carboxylic acid groups (broad SMARTS) is 1. The lowest BCUT2D eigenvalue weighted by molar-refractivity contribution is -0.143. The van der Waals surface area contributed by atoms with Crippen LogP contribution in [0.4, 0.5) is 0 Å². The molecule has 1 N–H and O–H groups in total. The van der Waals surface area contributed by atoms with Crippen LogP contribution in [-0.2, 0) is 4.79 Å². The summed E-state index contributed by atoms with van der Waals surface area (Å²) in [6.45, 7) is 0. The number of benzene rings is 1. The van der Waals surface area contributed by atoms with Crippen LogP contribution in [0.5, 0.6) is 0 Å². The second kappa shape index (κ2) is 3.88. The van der Waals surface area contributed by atoms with Crippen molar-refractivity contribution in [2.24, 2.45) is 17.8 Å². The Hall–Kier alpha value is -1.28. The number of hydrogen-bond acceptors (Lipinski definition) is 1. The quantitative estimate of drug-likeness (QED) is 0.815. The van der Waals surface area contributed by atoms with Crippen LogP contribution in [-0.4, -0.2) is 11.1 Å². The number of hydrogen-bond donors (Lipinski definition) is 1. The molecule has 3 heteroatoms. The second-order valence-electron chi connectivity index (χ2n) is 4.89. The van der Waals surface area contributed by atoms with Crippen molar-refractivity contribution >= 4 is 17.6 Å². The van der Waals surface area contributed by atoms with E-state index in [4.69, 9.17) is 11.6 Å². The lowest BCUT2D eigenvalue weighted by Crippen LogP contribution is -2.25. The third-order valence-corrected chi connectivity index (χ3v) is 4.21. The third-order valence-electron chi connectivity index (χ3n) is 3.98. The molecule has 0 heterocycles. The predicted molar refractivity (Wildman–Crippen MR) is 66.1 cm³/mol. The lowest BCUT2D eigenvalue weighted by atomic mass is 9.78. The van der Waals surface area contributed by atoms with Crippen molar-refractivity contribution in [3.05, 3.63) is 47.0 Å². The number of carboxylic acids is 1. The number of allylic oxidation sites excluding steroid dienone is 2. The third kappa shape index (κ3) is 1.67. The van der Waals surface area contributed by atoms with Crippen molar-refractivity contribution < 1.29 is 9.90 Å². The van der Waals surface area contributed by atoms with Crippen molar-refractivity contribution in [2.75, 3.05) is 0 Å². The fourth-order valence-corrected chi connectivity index (χ4v) is 3.53. The molecule has 2 nitrogen and oxygen atoms in total. The van der Waals surface area contributed by atoms with Gasteiger partial charge in [0.25, 0.3) is 0 Å². The van der Waals surface area contributed by atoms with Gasteiger partial charge >= 0.3 is 5.97 Å². The molecule has 2 aliphatic rings. The number of fused-ring (bicyclic) bond motifs is 2. The summed E-state index contributed by atoms with van der Waals surface area (Å²) in [5.74, 6) is -0.336. The monoisotopic (exact) mass is 248 g/mol. The fraction of sp³-hybridized carbons (Fsp3) is 0.357. The van der Waals surface area contributed by atoms with Gasteiger partial charge in [0.05, 0.1) is 5.92 Å². The van der Waals surface area contributed by atoms with Gasteiger partial charge in [0.2, 0.25) is 0 Å². The van der Waals surface area contributed by atoms with Gasteiger partial charge in [0, 0.05) is 10.9 Å². The summed E-state index contributed by atoms with van der Waals surface area (Å²) in [7, 11) is 0. The van der Waals surface area contributed by atoms with Crippen molar-refractivity contribution in [1.82, 2.24) is 0 Å². The van der Waals surface area contributed by atoms with Crippen LogP contribution in [0.25, 0.3) is 0 Å². The van der Waals surface area contributed by atoms with Crippen LogP contribution in [0.2, 0.25) is 5.02 Å². The molecule has 88 valence electrons. The van der Waals surface area contributed by atoms with Gasteiger partial charge in [-0.25, -0.2) is 0 Å². The van der Waals surface area contributed by atoms with Crippen LogP contribution in [0.15, 0.2) is 36.4 Å². The van der Waals surface area contributed by atoms with E-state index in [1.807, 2.05) is 24.3 Å². The highest BCUT2D eigenvalue weighted by atomic mass is 35.5. The first-order valence-corrected chi connectivity index (χ1v) is 6.21. The topological polar surface area (TPSA) is 37.3 Å². The smallest absolute Gasteiger partial charge is 0.307 e. The molecule has 0 aliphatic heterocycles. The molecule has 1 fully saturated rings. The molecule has 0 radical (unpaired) electrons. The summed E-state index contributed by atoms with van der Waals surface area (Å²) in [4.78, 5) is 11.4. The van der Waals surface area contributed by atoms with E-state index in [9.17, 15) is 9.90 Å². The molecule has 1 aromatic rings. The van der Waals surface area contributed by atoms with Crippen LogP contribution < -0.4 is 0 Å². The van der Waals surface area contributed by atoms with E-state index in [-0.39, 0.29) is 17.8 Å². The SMILES string of the molecule is O=C(O)[C@H]1[C@H](c2cccc(Cl)c2)[C@H]2C=C[C@@H]1C2. The Morgan fingerprint density at radius 1 is 1.29 bits per heavy atom. The van der Waals surface area contributed by atoms with Gasteiger partial charge in [-0.3, -0.25) is 4.79 Å². The number of aliphatic carboxylic acids is 1. The van der Waals surface area contributed by atoms with E-state index in [0.717, 1.165) is 12.0 Å². The minimum atomic E-state index is -0.688. The first kappa shape index (κ1) is 10.8. The first-order valence-electron chi connectivity index (χ1n) is 5.83. The molecule has 0 saturated heterocycles. The van der Waals surface area contributed by atoms with E-state index in [1.165, 1.54) is 0 Å². The highest BCUT2D eigenvalue weighted by Gasteiger charge is 2.48. The van der Waals surface area contributed by atoms with Crippen molar-refractivity contribution in [2.45, 2.75) is 12.3 Å². The molecule has 2 aliphatic carbocycles. The number of halogens is 1. The van der Waals surface area contributed by atoms with Crippen LogP contribution >= 0.6 is 11.6 Å². The first-order chi connectivity index (χ1) is 8.16. The second-order valence-corrected chi connectivity index (χ2v) is 5.33. The Morgan fingerprint density at radius 3 is 2.76 bits per heavy atom. The van der Waals surface area contributed by atoms with Gasteiger partial charge < -0.3 is 5.11 Å². The molecule has 0 spiro atoms. The molecular weight excluding hydrogens is 236 g/mol. The zero-order valence-electron chi connectivity index (χ0n) is 9.21. The van der Waals surface area contributed by atoms with E-state index < -0.39 is 5.97 Å². The van der Waals surface area contributed by atoms with Crippen molar-refractivity contribution in [3.63, 3.8) is 0 Å². The molecular formula is C14H13ClO2. The fourth-order valence-electron chi connectivity index (χ4n) is 3.33. The normalized spacial score (nSPS) is 34.2. The maximum Gasteiger partial charge on any atom is 0.307 e. The molecule has 4 atom stereocenters. The number of rotatable bonds is 2. The zero-order chi connectivity index (χ0) is 12.0. The lowest BCUT2D eigenvalue weighted by Gasteiger charge is -2.25. The summed E-state index contributed by atoms with van der Waals surface area (Å²) in [6.07, 6.45) is 5.19. The summed E-state index contributed by atoms with van der Waals surface area (Å²) in [5, 5.41) is 10.0. The summed E-state index contributed by atoms with van der Waals surface area (Å²) >= 11 is 5.99. The molecule has 3 rings (SSSR count). The number of carbonyl (C=O) groups is 1. The van der Waals surface area contributed by atoms with Crippen molar-refractivity contribution in [1.29, 1.82) is 0 Å². The van der Waals surface area contributed by atoms with E-state index in [0.29, 0.717) is 10.9 Å².